The van der Waals surface area contributed by atoms with Crippen molar-refractivity contribution in [2.24, 2.45) is 4.99 Å². The summed E-state index contributed by atoms with van der Waals surface area (Å²) in [5.74, 6) is 0.901. The fourth-order valence-electron chi connectivity index (χ4n) is 1.56. The van der Waals surface area contributed by atoms with Crippen LogP contribution in [0.2, 0.25) is 0 Å². The molecule has 4 nitrogen and oxygen atoms in total. The van der Waals surface area contributed by atoms with Gasteiger partial charge in [0.2, 0.25) is 6.08 Å². The number of nitrogens with zero attached hydrogens (tertiary/aromatic N) is 3. The van der Waals surface area contributed by atoms with Crippen LogP contribution in [0, 0.1) is 0 Å². The van der Waals surface area contributed by atoms with Crippen LogP contribution in [0.1, 0.15) is 25.6 Å². The zero-order chi connectivity index (χ0) is 9.31. The fraction of sp³-hybridized carbons (Fsp3) is 0.556. The highest BCUT2D eigenvalue weighted by Crippen LogP contribution is 2.48. The van der Waals surface area contributed by atoms with E-state index in [-0.39, 0.29) is 5.54 Å². The van der Waals surface area contributed by atoms with Gasteiger partial charge in [0.15, 0.2) is 0 Å². The molecule has 1 aromatic heterocycles. The van der Waals surface area contributed by atoms with Gasteiger partial charge >= 0.3 is 0 Å². The number of carbonyl (C=O) groups excluding carboxylic acids is 1. The monoisotopic (exact) mass is 177 g/mol. The summed E-state index contributed by atoms with van der Waals surface area (Å²) in [6.45, 7) is 2.91. The first-order valence-corrected chi connectivity index (χ1v) is 4.43. The maximum Gasteiger partial charge on any atom is 0.235 e. The molecule has 13 heavy (non-hydrogen) atoms. The van der Waals surface area contributed by atoms with Crippen LogP contribution in [0.4, 0.5) is 0 Å². The first-order chi connectivity index (χ1) is 6.32. The molecular weight excluding hydrogens is 166 g/mol. The molecule has 0 radical (unpaired) electrons. The first-order valence-electron chi connectivity index (χ1n) is 4.43. The number of hydrogen-bond donors (Lipinski definition) is 0. The van der Waals surface area contributed by atoms with E-state index in [1.165, 1.54) is 0 Å². The minimum atomic E-state index is -0.332. The molecule has 0 N–H and O–H groups in total. The van der Waals surface area contributed by atoms with Gasteiger partial charge in [-0.15, -0.1) is 0 Å². The molecule has 0 aromatic carbocycles. The van der Waals surface area contributed by atoms with Crippen molar-refractivity contribution in [1.29, 1.82) is 0 Å². The average molecular weight is 177 g/mol. The van der Waals surface area contributed by atoms with Gasteiger partial charge in [-0.05, 0) is 19.8 Å². The Balaban J connectivity index is 2.39. The van der Waals surface area contributed by atoms with Gasteiger partial charge < -0.3 is 4.57 Å². The largest absolute Gasteiger partial charge is 0.333 e. The lowest BCUT2D eigenvalue weighted by Crippen LogP contribution is -2.11. The van der Waals surface area contributed by atoms with E-state index in [0.29, 0.717) is 0 Å². The molecular formula is C9H11N3O. The molecule has 2 rings (SSSR count). The van der Waals surface area contributed by atoms with Gasteiger partial charge in [-0.1, -0.05) is 0 Å². The number of aromatic nitrogens is 2. The molecule has 0 bridgehead atoms. The maximum atomic E-state index is 10.2. The van der Waals surface area contributed by atoms with Crippen molar-refractivity contribution in [3.8, 4) is 0 Å². The number of isocyanates is 1. The van der Waals surface area contributed by atoms with Gasteiger partial charge in [0, 0.05) is 18.9 Å². The van der Waals surface area contributed by atoms with Crippen LogP contribution in [0.15, 0.2) is 17.4 Å². The van der Waals surface area contributed by atoms with Crippen molar-refractivity contribution in [1.82, 2.24) is 9.55 Å². The van der Waals surface area contributed by atoms with Crippen molar-refractivity contribution >= 4 is 6.08 Å². The van der Waals surface area contributed by atoms with Crippen LogP contribution < -0.4 is 0 Å². The van der Waals surface area contributed by atoms with Gasteiger partial charge in [-0.2, -0.15) is 4.99 Å². The van der Waals surface area contributed by atoms with E-state index < -0.39 is 0 Å². The lowest BCUT2D eigenvalue weighted by Gasteiger charge is -2.08. The smallest absolute Gasteiger partial charge is 0.235 e. The van der Waals surface area contributed by atoms with Gasteiger partial charge in [-0.3, -0.25) is 0 Å². The quantitative estimate of drug-likeness (QED) is 0.515. The zero-order valence-electron chi connectivity index (χ0n) is 7.53. The van der Waals surface area contributed by atoms with Crippen molar-refractivity contribution < 1.29 is 4.79 Å². The number of aliphatic imine (C=N–C) groups is 1. The zero-order valence-corrected chi connectivity index (χ0v) is 7.53. The Labute approximate surface area is 76.3 Å². The third kappa shape index (κ3) is 1.19. The highest BCUT2D eigenvalue weighted by Gasteiger charge is 2.48. The van der Waals surface area contributed by atoms with Gasteiger partial charge in [0.05, 0.1) is 0 Å². The van der Waals surface area contributed by atoms with E-state index in [1.54, 1.807) is 12.3 Å². The molecule has 1 heterocycles. The molecule has 0 saturated heterocycles. The summed E-state index contributed by atoms with van der Waals surface area (Å²) in [5.41, 5.74) is -0.332. The van der Waals surface area contributed by atoms with Crippen molar-refractivity contribution in [3.63, 3.8) is 0 Å². The molecule has 0 aliphatic heterocycles. The summed E-state index contributed by atoms with van der Waals surface area (Å²) < 4.78 is 2.02. The van der Waals surface area contributed by atoms with E-state index in [4.69, 9.17) is 0 Å². The predicted octanol–water partition coefficient (Wildman–Crippen LogP) is 1.23. The minimum Gasteiger partial charge on any atom is -0.333 e. The van der Waals surface area contributed by atoms with Crippen molar-refractivity contribution in [3.05, 3.63) is 18.2 Å². The number of rotatable bonds is 3. The van der Waals surface area contributed by atoms with Crippen LogP contribution in [-0.4, -0.2) is 15.6 Å². The average Bonchev–Trinajstić information content (AvgIpc) is 2.77. The van der Waals surface area contributed by atoms with E-state index in [9.17, 15) is 4.79 Å². The number of hydrogen-bond acceptors (Lipinski definition) is 3. The topological polar surface area (TPSA) is 47.2 Å². The number of imidazole rings is 1. The third-order valence-electron chi connectivity index (χ3n) is 2.46. The van der Waals surface area contributed by atoms with Crippen LogP contribution in [-0.2, 0) is 16.9 Å². The Morgan fingerprint density at radius 3 is 3.08 bits per heavy atom. The standard InChI is InChI=1S/C9H11N3O/c1-2-12-6-5-10-8(12)9(3-4-9)11-7-13/h5-6H,2-4H2,1H3. The molecule has 1 aliphatic carbocycles. The molecule has 1 fully saturated rings. The lowest BCUT2D eigenvalue weighted by atomic mass is 10.2. The summed E-state index contributed by atoms with van der Waals surface area (Å²) in [5, 5.41) is 0. The van der Waals surface area contributed by atoms with E-state index in [2.05, 4.69) is 9.98 Å². The number of aryl methyl sites for hydroxylation is 1. The molecule has 1 aliphatic rings. The van der Waals surface area contributed by atoms with Gasteiger partial charge in [-0.25, -0.2) is 9.78 Å². The summed E-state index contributed by atoms with van der Waals surface area (Å²) >= 11 is 0. The Bertz CT molecular complexity index is 359. The summed E-state index contributed by atoms with van der Waals surface area (Å²) in [7, 11) is 0. The highest BCUT2D eigenvalue weighted by molar-refractivity contribution is 5.38. The van der Waals surface area contributed by atoms with Gasteiger partial charge in [0.25, 0.3) is 0 Å². The van der Waals surface area contributed by atoms with E-state index in [1.807, 2.05) is 17.7 Å². The first kappa shape index (κ1) is 8.20. The molecule has 0 amide bonds. The molecule has 4 heteroatoms. The van der Waals surface area contributed by atoms with Crippen LogP contribution >= 0.6 is 0 Å². The summed E-state index contributed by atoms with van der Waals surface area (Å²) in [6, 6.07) is 0. The minimum absolute atomic E-state index is 0.332. The molecule has 0 unspecified atom stereocenters. The molecule has 0 spiro atoms. The highest BCUT2D eigenvalue weighted by atomic mass is 16.1. The van der Waals surface area contributed by atoms with E-state index in [0.717, 1.165) is 25.2 Å². The Morgan fingerprint density at radius 2 is 2.54 bits per heavy atom. The molecule has 1 saturated carbocycles. The van der Waals surface area contributed by atoms with Crippen LogP contribution in [0.25, 0.3) is 0 Å². The predicted molar refractivity (Wildman–Crippen MR) is 46.9 cm³/mol. The SMILES string of the molecule is CCn1ccnc1C1(N=C=O)CC1. The Hall–Kier alpha value is -1.41. The maximum absolute atomic E-state index is 10.2. The second-order valence-electron chi connectivity index (χ2n) is 3.27. The molecule has 0 atom stereocenters. The fourth-order valence-corrected chi connectivity index (χ4v) is 1.56. The van der Waals surface area contributed by atoms with Crippen molar-refractivity contribution in [2.45, 2.75) is 31.8 Å². The normalized spacial score (nSPS) is 17.9. The second-order valence-corrected chi connectivity index (χ2v) is 3.27. The molecule has 1 aromatic rings. The van der Waals surface area contributed by atoms with Crippen LogP contribution in [0.3, 0.4) is 0 Å². The second kappa shape index (κ2) is 2.82. The van der Waals surface area contributed by atoms with E-state index >= 15 is 0 Å². The van der Waals surface area contributed by atoms with Crippen LogP contribution in [0.5, 0.6) is 0 Å². The summed E-state index contributed by atoms with van der Waals surface area (Å²) in [4.78, 5) is 18.3. The Kier molecular flexibility index (Phi) is 1.78. The lowest BCUT2D eigenvalue weighted by molar-refractivity contribution is 0.545. The molecule has 68 valence electrons. The summed E-state index contributed by atoms with van der Waals surface area (Å²) in [6.07, 6.45) is 7.13. The Morgan fingerprint density at radius 1 is 1.77 bits per heavy atom. The third-order valence-corrected chi connectivity index (χ3v) is 2.46. The van der Waals surface area contributed by atoms with Crippen molar-refractivity contribution in [2.75, 3.05) is 0 Å². The van der Waals surface area contributed by atoms with Gasteiger partial charge in [0.1, 0.15) is 11.4 Å².